The highest BCUT2D eigenvalue weighted by molar-refractivity contribution is 7.80. The Kier molecular flexibility index (Phi) is 3.90. The molecule has 2 atom stereocenters. The van der Waals surface area contributed by atoms with Crippen molar-refractivity contribution in [2.24, 2.45) is 5.10 Å². The van der Waals surface area contributed by atoms with Gasteiger partial charge in [-0.1, -0.05) is 35.6 Å². The van der Waals surface area contributed by atoms with E-state index in [1.165, 1.54) is 11.3 Å². The third-order valence-corrected chi connectivity index (χ3v) is 7.16. The van der Waals surface area contributed by atoms with Crippen LogP contribution in [-0.2, 0) is 4.79 Å². The van der Waals surface area contributed by atoms with E-state index < -0.39 is 0 Å². The lowest BCUT2D eigenvalue weighted by molar-refractivity contribution is -0.112. The number of amides is 1. The fourth-order valence-corrected chi connectivity index (χ4v) is 5.42. The van der Waals surface area contributed by atoms with Gasteiger partial charge in [0.15, 0.2) is 17.4 Å². The highest BCUT2D eigenvalue weighted by Crippen LogP contribution is 2.35. The van der Waals surface area contributed by atoms with Gasteiger partial charge in [0.05, 0.1) is 11.3 Å². The van der Waals surface area contributed by atoms with Crippen LogP contribution in [0.2, 0.25) is 0 Å². The minimum absolute atomic E-state index is 0.195. The van der Waals surface area contributed by atoms with Crippen molar-refractivity contribution in [2.45, 2.75) is 12.3 Å². The lowest BCUT2D eigenvalue weighted by Crippen LogP contribution is -2.52. The summed E-state index contributed by atoms with van der Waals surface area (Å²) in [6.07, 6.45) is 1.11. The molecular weight excluding hydrogens is 408 g/mol. The van der Waals surface area contributed by atoms with Crippen LogP contribution < -0.4 is 25.2 Å². The number of aromatic nitrogens is 1. The molecule has 29 heavy (non-hydrogen) atoms. The summed E-state index contributed by atoms with van der Waals surface area (Å²) in [4.78, 5) is 32.7. The minimum atomic E-state index is -0.325. The molecule has 5 rings (SSSR count). The number of anilines is 1. The molecular formula is C19H18N6O2S2. The van der Waals surface area contributed by atoms with Gasteiger partial charge in [0.1, 0.15) is 4.53 Å². The van der Waals surface area contributed by atoms with Gasteiger partial charge in [-0.3, -0.25) is 19.6 Å². The van der Waals surface area contributed by atoms with E-state index in [0.717, 1.165) is 11.3 Å². The van der Waals surface area contributed by atoms with Crippen molar-refractivity contribution in [1.29, 1.82) is 0 Å². The van der Waals surface area contributed by atoms with Gasteiger partial charge >= 0.3 is 0 Å². The van der Waals surface area contributed by atoms with Crippen LogP contribution in [0.25, 0.3) is 5.57 Å². The Morgan fingerprint density at radius 1 is 1.28 bits per heavy atom. The fourth-order valence-electron chi connectivity index (χ4n) is 4.14. The molecule has 1 fully saturated rings. The minimum Gasteiger partial charge on any atom is -0.328 e. The van der Waals surface area contributed by atoms with Crippen LogP contribution in [0, 0.1) is 0 Å². The summed E-state index contributed by atoms with van der Waals surface area (Å²) in [5, 5.41) is 5.02. The smallest absolute Gasteiger partial charge is 0.273 e. The average molecular weight is 427 g/mol. The van der Waals surface area contributed by atoms with Gasteiger partial charge in [-0.25, -0.2) is 0 Å². The normalized spacial score (nSPS) is 24.1. The van der Waals surface area contributed by atoms with Crippen molar-refractivity contribution >= 4 is 45.8 Å². The third-order valence-electron chi connectivity index (χ3n) is 5.53. The molecule has 1 saturated heterocycles. The molecule has 1 aromatic carbocycles. The SMILES string of the molecule is C=CCN1C(=O)/C(=c2\sc3n(c2=O)C2C(NN=3)N(C)C(=S)N2C)c2ccccc21. The first-order valence-corrected chi connectivity index (χ1v) is 10.3. The predicted molar refractivity (Wildman–Crippen MR) is 115 cm³/mol. The van der Waals surface area contributed by atoms with Crippen LogP contribution >= 0.6 is 23.6 Å². The first-order valence-electron chi connectivity index (χ1n) is 9.06. The van der Waals surface area contributed by atoms with E-state index in [1.54, 1.807) is 15.5 Å². The lowest BCUT2D eigenvalue weighted by Gasteiger charge is -2.28. The molecule has 148 valence electrons. The van der Waals surface area contributed by atoms with Gasteiger partial charge in [0.2, 0.25) is 4.80 Å². The number of hydrogen-bond donors (Lipinski definition) is 1. The summed E-state index contributed by atoms with van der Waals surface area (Å²) in [6.45, 7) is 4.13. The van der Waals surface area contributed by atoms with Crippen molar-refractivity contribution in [2.75, 3.05) is 25.5 Å². The molecule has 8 nitrogen and oxygen atoms in total. The largest absolute Gasteiger partial charge is 0.328 e. The van der Waals surface area contributed by atoms with Crippen molar-refractivity contribution in [3.8, 4) is 0 Å². The van der Waals surface area contributed by atoms with Crippen molar-refractivity contribution < 1.29 is 4.79 Å². The standard InChI is InChI=1S/C19H18N6O2S2/c1-4-9-24-11-8-6-5-7-10(11)12(16(24)26)13-17(27)25-15-14(20-21-18(25)29-13)22(2)19(28)23(15)3/h4-8,14-15,20H,1,9H2,2-3H3/b13-12-. The number of likely N-dealkylation sites (N-methyl/N-ethyl adjacent to an activating group) is 2. The zero-order valence-electron chi connectivity index (χ0n) is 15.8. The number of benzene rings is 1. The van der Waals surface area contributed by atoms with E-state index in [-0.39, 0.29) is 23.8 Å². The number of hydrogen-bond acceptors (Lipinski definition) is 6. The Bertz CT molecular complexity index is 1260. The van der Waals surface area contributed by atoms with Crippen LogP contribution in [-0.4, -0.2) is 52.2 Å². The second kappa shape index (κ2) is 6.26. The van der Waals surface area contributed by atoms with Crippen LogP contribution in [0.1, 0.15) is 11.7 Å². The molecule has 1 aromatic heterocycles. The highest BCUT2D eigenvalue weighted by Gasteiger charge is 2.44. The monoisotopic (exact) mass is 426 g/mol. The van der Waals surface area contributed by atoms with E-state index in [2.05, 4.69) is 17.1 Å². The Morgan fingerprint density at radius 3 is 2.79 bits per heavy atom. The maximum absolute atomic E-state index is 13.5. The van der Waals surface area contributed by atoms with Crippen molar-refractivity contribution in [1.82, 2.24) is 19.8 Å². The predicted octanol–water partition coefficient (Wildman–Crippen LogP) is -0.234. The quantitative estimate of drug-likeness (QED) is 0.528. The molecule has 1 amide bonds. The second-order valence-electron chi connectivity index (χ2n) is 7.09. The number of nitrogens with zero attached hydrogens (tertiary/aromatic N) is 5. The topological polar surface area (TPSA) is 73.2 Å². The van der Waals surface area contributed by atoms with Gasteiger partial charge < -0.3 is 14.7 Å². The maximum Gasteiger partial charge on any atom is 0.273 e. The Labute approximate surface area is 175 Å². The summed E-state index contributed by atoms with van der Waals surface area (Å²) in [6, 6.07) is 7.51. The molecule has 2 unspecified atom stereocenters. The van der Waals surface area contributed by atoms with Crippen molar-refractivity contribution in [3.63, 3.8) is 0 Å². The molecule has 4 heterocycles. The van der Waals surface area contributed by atoms with E-state index in [9.17, 15) is 9.59 Å². The summed E-state index contributed by atoms with van der Waals surface area (Å²) in [5.74, 6) is -0.195. The number of carbonyl (C=O) groups is 1. The lowest BCUT2D eigenvalue weighted by atomic mass is 10.1. The number of nitrogens with one attached hydrogen (secondary N) is 1. The Balaban J connectivity index is 1.79. The van der Waals surface area contributed by atoms with E-state index in [4.69, 9.17) is 12.2 Å². The molecule has 0 radical (unpaired) electrons. The van der Waals surface area contributed by atoms with E-state index in [0.29, 0.717) is 26.6 Å². The number of carbonyl (C=O) groups excluding carboxylic acids is 1. The summed E-state index contributed by atoms with van der Waals surface area (Å²) >= 11 is 6.69. The molecule has 3 aliphatic rings. The summed E-state index contributed by atoms with van der Waals surface area (Å²) in [7, 11) is 3.73. The molecule has 3 aliphatic heterocycles. The maximum atomic E-state index is 13.5. The van der Waals surface area contributed by atoms with Gasteiger partial charge in [-0.2, -0.15) is 0 Å². The first kappa shape index (κ1) is 18.1. The number of fused-ring (bicyclic) bond motifs is 4. The molecule has 1 N–H and O–H groups in total. The molecule has 10 heteroatoms. The Hall–Kier alpha value is -2.98. The number of para-hydroxylation sites is 1. The first-order chi connectivity index (χ1) is 14.0. The van der Waals surface area contributed by atoms with Gasteiger partial charge in [-0.05, 0) is 18.3 Å². The highest BCUT2D eigenvalue weighted by atomic mass is 32.1. The number of rotatable bonds is 2. The van der Waals surface area contributed by atoms with Gasteiger partial charge in [0.25, 0.3) is 11.5 Å². The van der Waals surface area contributed by atoms with Crippen LogP contribution in [0.4, 0.5) is 5.69 Å². The van der Waals surface area contributed by atoms with Crippen LogP contribution in [0.5, 0.6) is 0 Å². The average Bonchev–Trinajstić information content (AvgIpc) is 3.27. The van der Waals surface area contributed by atoms with Crippen LogP contribution in [0.15, 0.2) is 46.8 Å². The zero-order valence-corrected chi connectivity index (χ0v) is 17.5. The summed E-state index contributed by atoms with van der Waals surface area (Å²) in [5.41, 5.74) is 4.83. The molecule has 0 aliphatic carbocycles. The zero-order chi connectivity index (χ0) is 20.4. The molecule has 0 bridgehead atoms. The number of thiazole rings is 1. The van der Waals surface area contributed by atoms with E-state index >= 15 is 0 Å². The fraction of sp³-hybridized carbons (Fsp3) is 0.263. The van der Waals surface area contributed by atoms with Crippen LogP contribution in [0.3, 0.4) is 0 Å². The van der Waals surface area contributed by atoms with Gasteiger partial charge in [0, 0.05) is 26.2 Å². The number of thiocarbonyl (C=S) groups is 1. The van der Waals surface area contributed by atoms with Gasteiger partial charge in [-0.15, -0.1) is 11.7 Å². The summed E-state index contributed by atoms with van der Waals surface area (Å²) < 4.78 is 2.03. The van der Waals surface area contributed by atoms with E-state index in [1.807, 2.05) is 48.2 Å². The second-order valence-corrected chi connectivity index (χ2v) is 8.43. The Morgan fingerprint density at radius 2 is 2.03 bits per heavy atom. The molecule has 0 saturated carbocycles. The molecule has 2 aromatic rings. The third kappa shape index (κ3) is 2.29. The molecule has 0 spiro atoms. The van der Waals surface area contributed by atoms with Crippen molar-refractivity contribution in [3.05, 3.63) is 62.2 Å².